The fourth-order valence-corrected chi connectivity index (χ4v) is 4.26. The molecule has 1 aromatic rings. The molecule has 0 aliphatic carbocycles. The fraction of sp³-hybridized carbons (Fsp3) is 0.619. The SMILES string of the molecule is COc1ccc(NC(=O)CC[C@@H]2CCCN(C(=O)C3CCOCC3)C2)cc1Cl. The molecule has 1 aromatic carbocycles. The van der Waals surface area contributed by atoms with Crippen LogP contribution in [0, 0.1) is 11.8 Å². The van der Waals surface area contributed by atoms with E-state index in [2.05, 4.69) is 5.32 Å². The Morgan fingerprint density at radius 3 is 2.79 bits per heavy atom. The van der Waals surface area contributed by atoms with Gasteiger partial charge in [0.1, 0.15) is 5.75 Å². The van der Waals surface area contributed by atoms with Crippen molar-refractivity contribution in [2.75, 3.05) is 38.7 Å². The lowest BCUT2D eigenvalue weighted by atomic mass is 9.91. The summed E-state index contributed by atoms with van der Waals surface area (Å²) in [6.07, 6.45) is 4.95. The molecule has 0 aromatic heterocycles. The number of halogens is 1. The number of hydrogen-bond donors (Lipinski definition) is 1. The summed E-state index contributed by atoms with van der Waals surface area (Å²) in [7, 11) is 1.56. The van der Waals surface area contributed by atoms with Crippen molar-refractivity contribution < 1.29 is 19.1 Å². The first-order chi connectivity index (χ1) is 13.6. The molecular weight excluding hydrogens is 380 g/mol. The van der Waals surface area contributed by atoms with Crippen LogP contribution in [0.15, 0.2) is 18.2 Å². The number of carbonyl (C=O) groups is 2. The molecule has 7 heteroatoms. The van der Waals surface area contributed by atoms with E-state index in [4.69, 9.17) is 21.1 Å². The van der Waals surface area contributed by atoms with E-state index in [1.165, 1.54) is 0 Å². The van der Waals surface area contributed by atoms with Crippen molar-refractivity contribution in [3.63, 3.8) is 0 Å². The Morgan fingerprint density at radius 2 is 2.07 bits per heavy atom. The number of amides is 2. The van der Waals surface area contributed by atoms with Gasteiger partial charge >= 0.3 is 0 Å². The van der Waals surface area contributed by atoms with Crippen LogP contribution in [-0.4, -0.2) is 50.1 Å². The zero-order chi connectivity index (χ0) is 19.9. The van der Waals surface area contributed by atoms with Gasteiger partial charge in [-0.3, -0.25) is 9.59 Å². The maximum Gasteiger partial charge on any atom is 0.225 e. The third-order valence-electron chi connectivity index (χ3n) is 5.62. The van der Waals surface area contributed by atoms with Crippen LogP contribution in [0.4, 0.5) is 5.69 Å². The van der Waals surface area contributed by atoms with Crippen molar-refractivity contribution in [1.29, 1.82) is 0 Å². The van der Waals surface area contributed by atoms with E-state index < -0.39 is 0 Å². The first kappa shape index (κ1) is 20.9. The molecule has 2 fully saturated rings. The number of carbonyl (C=O) groups excluding carboxylic acids is 2. The molecule has 1 atom stereocenters. The van der Waals surface area contributed by atoms with Gasteiger partial charge in [0.2, 0.25) is 11.8 Å². The van der Waals surface area contributed by atoms with Gasteiger partial charge in [-0.05, 0) is 56.2 Å². The van der Waals surface area contributed by atoms with Crippen LogP contribution in [-0.2, 0) is 14.3 Å². The Morgan fingerprint density at radius 1 is 1.29 bits per heavy atom. The van der Waals surface area contributed by atoms with Gasteiger partial charge in [0.15, 0.2) is 0 Å². The maximum absolute atomic E-state index is 12.7. The highest BCUT2D eigenvalue weighted by atomic mass is 35.5. The standard InChI is InChI=1S/C21H29ClN2O4/c1-27-19-6-5-17(13-18(19)22)23-20(25)7-4-15-3-2-10-24(14-15)21(26)16-8-11-28-12-9-16/h5-6,13,15-16H,2-4,7-12,14H2,1H3,(H,23,25)/t15-/m0/s1. The molecule has 2 aliphatic heterocycles. The summed E-state index contributed by atoms with van der Waals surface area (Å²) < 4.78 is 10.5. The van der Waals surface area contributed by atoms with E-state index in [1.54, 1.807) is 25.3 Å². The van der Waals surface area contributed by atoms with Crippen molar-refractivity contribution in [2.24, 2.45) is 11.8 Å². The van der Waals surface area contributed by atoms with Crippen molar-refractivity contribution in [3.8, 4) is 5.75 Å². The second-order valence-corrected chi connectivity index (χ2v) is 8.02. The normalized spacial score (nSPS) is 20.6. The Balaban J connectivity index is 1.45. The van der Waals surface area contributed by atoms with Crippen molar-refractivity contribution in [2.45, 2.75) is 38.5 Å². The molecule has 6 nitrogen and oxygen atoms in total. The van der Waals surface area contributed by atoms with Gasteiger partial charge in [-0.2, -0.15) is 0 Å². The zero-order valence-corrected chi connectivity index (χ0v) is 17.2. The molecular formula is C21H29ClN2O4. The molecule has 0 saturated carbocycles. The lowest BCUT2D eigenvalue weighted by Crippen LogP contribution is -2.44. The predicted octanol–water partition coefficient (Wildman–Crippen LogP) is 3.73. The molecule has 154 valence electrons. The summed E-state index contributed by atoms with van der Waals surface area (Å²) in [6, 6.07) is 5.20. The van der Waals surface area contributed by atoms with Gasteiger partial charge in [0.05, 0.1) is 12.1 Å². The van der Waals surface area contributed by atoms with Crippen LogP contribution in [0.2, 0.25) is 5.02 Å². The highest BCUT2D eigenvalue weighted by Crippen LogP contribution is 2.28. The number of methoxy groups -OCH3 is 1. The van der Waals surface area contributed by atoms with Crippen LogP contribution in [0.5, 0.6) is 5.75 Å². The molecule has 0 spiro atoms. The number of ether oxygens (including phenoxy) is 2. The smallest absolute Gasteiger partial charge is 0.225 e. The van der Waals surface area contributed by atoms with Crippen LogP contribution in [0.25, 0.3) is 0 Å². The first-order valence-corrected chi connectivity index (χ1v) is 10.4. The number of hydrogen-bond acceptors (Lipinski definition) is 4. The van der Waals surface area contributed by atoms with E-state index in [1.807, 2.05) is 4.90 Å². The van der Waals surface area contributed by atoms with Gasteiger partial charge in [-0.25, -0.2) is 0 Å². The molecule has 0 bridgehead atoms. The minimum Gasteiger partial charge on any atom is -0.495 e. The lowest BCUT2D eigenvalue weighted by Gasteiger charge is -2.36. The molecule has 1 N–H and O–H groups in total. The lowest BCUT2D eigenvalue weighted by molar-refractivity contribution is -0.140. The number of benzene rings is 1. The average molecular weight is 409 g/mol. The quantitative estimate of drug-likeness (QED) is 0.778. The molecule has 2 amide bonds. The monoisotopic (exact) mass is 408 g/mol. The molecule has 0 radical (unpaired) electrons. The Hall–Kier alpha value is -1.79. The summed E-state index contributed by atoms with van der Waals surface area (Å²) >= 11 is 6.10. The van der Waals surface area contributed by atoms with Crippen molar-refractivity contribution in [3.05, 3.63) is 23.2 Å². The van der Waals surface area contributed by atoms with Gasteiger partial charge in [-0.15, -0.1) is 0 Å². The molecule has 2 aliphatic rings. The number of nitrogens with zero attached hydrogens (tertiary/aromatic N) is 1. The Kier molecular flexibility index (Phi) is 7.57. The van der Waals surface area contributed by atoms with Crippen molar-refractivity contribution in [1.82, 2.24) is 4.90 Å². The Bertz CT molecular complexity index is 691. The molecule has 2 saturated heterocycles. The molecule has 3 rings (SSSR count). The first-order valence-electron chi connectivity index (χ1n) is 10.1. The minimum absolute atomic E-state index is 0.0332. The van der Waals surface area contributed by atoms with E-state index in [-0.39, 0.29) is 17.7 Å². The summed E-state index contributed by atoms with van der Waals surface area (Å²) in [6.45, 7) is 2.97. The second kappa shape index (κ2) is 10.1. The zero-order valence-electron chi connectivity index (χ0n) is 16.4. The van der Waals surface area contributed by atoms with E-state index >= 15 is 0 Å². The molecule has 0 unspecified atom stereocenters. The van der Waals surface area contributed by atoms with Crippen LogP contribution >= 0.6 is 11.6 Å². The average Bonchev–Trinajstić information content (AvgIpc) is 2.73. The second-order valence-electron chi connectivity index (χ2n) is 7.62. The summed E-state index contributed by atoms with van der Waals surface area (Å²) in [5, 5.41) is 3.35. The van der Waals surface area contributed by atoms with E-state index in [9.17, 15) is 9.59 Å². The minimum atomic E-state index is -0.0332. The number of anilines is 1. The molecule has 28 heavy (non-hydrogen) atoms. The third-order valence-corrected chi connectivity index (χ3v) is 5.91. The number of rotatable bonds is 6. The summed E-state index contributed by atoms with van der Waals surface area (Å²) in [5.74, 6) is 1.30. The van der Waals surface area contributed by atoms with Crippen LogP contribution in [0.3, 0.4) is 0 Å². The third kappa shape index (κ3) is 5.61. The topological polar surface area (TPSA) is 67.9 Å². The van der Waals surface area contributed by atoms with Gasteiger partial charge < -0.3 is 19.7 Å². The van der Waals surface area contributed by atoms with Gasteiger partial charge in [0, 0.05) is 44.3 Å². The van der Waals surface area contributed by atoms with Crippen molar-refractivity contribution >= 4 is 29.1 Å². The fourth-order valence-electron chi connectivity index (χ4n) is 4.01. The van der Waals surface area contributed by atoms with Gasteiger partial charge in [-0.1, -0.05) is 11.6 Å². The van der Waals surface area contributed by atoms with Gasteiger partial charge in [0.25, 0.3) is 0 Å². The number of nitrogens with one attached hydrogen (secondary N) is 1. The van der Waals surface area contributed by atoms with Crippen LogP contribution in [0.1, 0.15) is 38.5 Å². The predicted molar refractivity (Wildman–Crippen MR) is 109 cm³/mol. The van der Waals surface area contributed by atoms with E-state index in [0.717, 1.165) is 45.2 Å². The number of likely N-dealkylation sites (tertiary alicyclic amines) is 1. The Labute approximate surface area is 171 Å². The summed E-state index contributed by atoms with van der Waals surface area (Å²) in [4.78, 5) is 27.0. The largest absolute Gasteiger partial charge is 0.495 e. The highest BCUT2D eigenvalue weighted by molar-refractivity contribution is 6.32. The molecule has 2 heterocycles. The summed E-state index contributed by atoms with van der Waals surface area (Å²) in [5.41, 5.74) is 0.663. The number of piperidine rings is 1. The van der Waals surface area contributed by atoms with Crippen LogP contribution < -0.4 is 10.1 Å². The van der Waals surface area contributed by atoms with E-state index in [0.29, 0.717) is 42.0 Å². The highest BCUT2D eigenvalue weighted by Gasteiger charge is 2.30. The maximum atomic E-state index is 12.7.